The molecule has 3 heterocycles. The molecule has 0 aliphatic rings. The Morgan fingerprint density at radius 1 is 1.00 bits per heavy atom. The van der Waals surface area contributed by atoms with Gasteiger partial charge in [0.05, 0.1) is 28.4 Å². The van der Waals surface area contributed by atoms with E-state index in [1.807, 2.05) is 24.3 Å². The molecule has 33 heavy (non-hydrogen) atoms. The topological polar surface area (TPSA) is 81.2 Å². The minimum absolute atomic E-state index is 0.312. The molecule has 0 aliphatic carbocycles. The summed E-state index contributed by atoms with van der Waals surface area (Å²) in [6, 6.07) is 17.7. The Morgan fingerprint density at radius 2 is 1.76 bits per heavy atom. The maximum absolute atomic E-state index is 13.1. The number of aromatic nitrogens is 1. The van der Waals surface area contributed by atoms with E-state index in [0.29, 0.717) is 53.0 Å². The van der Waals surface area contributed by atoms with Crippen LogP contribution in [0.4, 0.5) is 11.4 Å². The van der Waals surface area contributed by atoms with E-state index in [9.17, 15) is 4.79 Å². The lowest BCUT2D eigenvalue weighted by molar-refractivity contribution is 0.103. The molecule has 5 aromatic rings. The highest BCUT2D eigenvalue weighted by Gasteiger charge is 2.23. The number of carbonyl (C=O) groups is 1. The Labute approximate surface area is 207 Å². The lowest BCUT2D eigenvalue weighted by Gasteiger charge is -2.08. The quantitative estimate of drug-likeness (QED) is 0.254. The van der Waals surface area contributed by atoms with E-state index in [2.05, 4.69) is 5.32 Å². The number of pyridine rings is 1. The molecule has 0 radical (unpaired) electrons. The number of furan rings is 1. The fourth-order valence-corrected chi connectivity index (χ4v) is 4.93. The van der Waals surface area contributed by atoms with Crippen LogP contribution in [0.5, 0.6) is 0 Å². The van der Waals surface area contributed by atoms with Gasteiger partial charge in [-0.15, -0.1) is 11.3 Å². The number of amides is 1. The van der Waals surface area contributed by atoms with E-state index < -0.39 is 5.91 Å². The van der Waals surface area contributed by atoms with Crippen LogP contribution in [0.3, 0.4) is 0 Å². The molecule has 0 aliphatic heterocycles. The first-order chi connectivity index (χ1) is 15.9. The lowest BCUT2D eigenvalue weighted by Crippen LogP contribution is -2.12. The van der Waals surface area contributed by atoms with Gasteiger partial charge in [0, 0.05) is 26.6 Å². The highest BCUT2D eigenvalue weighted by atomic mass is 35.5. The third-order valence-corrected chi connectivity index (χ3v) is 6.92. The molecule has 5 nitrogen and oxygen atoms in total. The van der Waals surface area contributed by atoms with Gasteiger partial charge in [0.25, 0.3) is 5.91 Å². The van der Waals surface area contributed by atoms with Crippen molar-refractivity contribution in [2.45, 2.75) is 0 Å². The van der Waals surface area contributed by atoms with Crippen molar-refractivity contribution in [3.63, 3.8) is 0 Å². The van der Waals surface area contributed by atoms with Gasteiger partial charge in [-0.2, -0.15) is 0 Å². The van der Waals surface area contributed by atoms with Gasteiger partial charge in [-0.1, -0.05) is 46.9 Å². The standard InChI is InChI=1S/C24H14Cl3N3O2S/c25-13-5-3-12(4-6-13)17-11-15(19-2-1-9-32-19)20-21(28)22(33-24(20)30-17)23(31)29-18-10-14(26)7-8-16(18)27/h1-11H,28H2,(H,29,31). The van der Waals surface area contributed by atoms with Crippen molar-refractivity contribution in [1.82, 2.24) is 4.98 Å². The Hall–Kier alpha value is -3.03. The van der Waals surface area contributed by atoms with Crippen LogP contribution in [0.1, 0.15) is 9.67 Å². The Bertz CT molecular complexity index is 1500. The Balaban J connectivity index is 1.65. The molecule has 3 aromatic heterocycles. The van der Waals surface area contributed by atoms with Crippen molar-refractivity contribution >= 4 is 73.6 Å². The molecule has 0 saturated carbocycles. The summed E-state index contributed by atoms with van der Waals surface area (Å²) in [5, 5.41) is 4.88. The third kappa shape index (κ3) is 4.18. The molecule has 0 spiro atoms. The van der Waals surface area contributed by atoms with Crippen molar-refractivity contribution in [3.8, 4) is 22.6 Å². The van der Waals surface area contributed by atoms with Crippen molar-refractivity contribution < 1.29 is 9.21 Å². The normalized spacial score (nSPS) is 11.1. The smallest absolute Gasteiger partial charge is 0.267 e. The van der Waals surface area contributed by atoms with E-state index in [4.69, 9.17) is 49.9 Å². The number of nitrogen functional groups attached to an aromatic ring is 1. The molecular weight excluding hydrogens is 501 g/mol. The number of nitrogens with two attached hydrogens (primary N) is 1. The van der Waals surface area contributed by atoms with Gasteiger partial charge in [0.15, 0.2) is 0 Å². The average Bonchev–Trinajstić information content (AvgIpc) is 3.45. The van der Waals surface area contributed by atoms with Crippen molar-refractivity contribution in [1.29, 1.82) is 0 Å². The minimum Gasteiger partial charge on any atom is -0.464 e. The number of hydrogen-bond acceptors (Lipinski definition) is 5. The van der Waals surface area contributed by atoms with Crippen LogP contribution in [-0.2, 0) is 0 Å². The zero-order valence-electron chi connectivity index (χ0n) is 16.7. The fourth-order valence-electron chi connectivity index (χ4n) is 3.46. The number of hydrogen-bond donors (Lipinski definition) is 2. The number of fused-ring (bicyclic) bond motifs is 1. The van der Waals surface area contributed by atoms with Crippen LogP contribution in [0, 0.1) is 0 Å². The summed E-state index contributed by atoms with van der Waals surface area (Å²) in [5.74, 6) is 0.213. The van der Waals surface area contributed by atoms with E-state index in [-0.39, 0.29) is 0 Å². The SMILES string of the molecule is Nc1c(C(=O)Nc2cc(Cl)ccc2Cl)sc2nc(-c3ccc(Cl)cc3)cc(-c3ccco3)c12. The number of halogens is 3. The molecule has 0 bridgehead atoms. The summed E-state index contributed by atoms with van der Waals surface area (Å²) in [5.41, 5.74) is 9.49. The van der Waals surface area contributed by atoms with Crippen LogP contribution in [0.15, 0.2) is 71.3 Å². The van der Waals surface area contributed by atoms with Crippen LogP contribution in [0.2, 0.25) is 15.1 Å². The molecule has 1 amide bonds. The molecule has 0 saturated heterocycles. The van der Waals surface area contributed by atoms with Gasteiger partial charge in [-0.25, -0.2) is 4.98 Å². The van der Waals surface area contributed by atoms with Gasteiger partial charge in [-0.05, 0) is 48.5 Å². The fraction of sp³-hybridized carbons (Fsp3) is 0. The van der Waals surface area contributed by atoms with Gasteiger partial charge < -0.3 is 15.5 Å². The van der Waals surface area contributed by atoms with Crippen molar-refractivity contribution in [2.24, 2.45) is 0 Å². The van der Waals surface area contributed by atoms with E-state index in [0.717, 1.165) is 11.1 Å². The second-order valence-corrected chi connectivity index (χ2v) is 9.42. The zero-order valence-corrected chi connectivity index (χ0v) is 19.8. The molecular formula is C24H14Cl3N3O2S. The number of thiophene rings is 1. The summed E-state index contributed by atoms with van der Waals surface area (Å²) >= 11 is 19.5. The lowest BCUT2D eigenvalue weighted by atomic mass is 10.0. The highest BCUT2D eigenvalue weighted by molar-refractivity contribution is 7.21. The number of rotatable bonds is 4. The maximum Gasteiger partial charge on any atom is 0.267 e. The summed E-state index contributed by atoms with van der Waals surface area (Å²) in [7, 11) is 0. The van der Waals surface area contributed by atoms with Crippen LogP contribution in [0.25, 0.3) is 32.8 Å². The van der Waals surface area contributed by atoms with Crippen LogP contribution in [-0.4, -0.2) is 10.9 Å². The summed E-state index contributed by atoms with van der Waals surface area (Å²) in [4.78, 5) is 18.8. The van der Waals surface area contributed by atoms with E-state index in [1.165, 1.54) is 11.3 Å². The van der Waals surface area contributed by atoms with Gasteiger partial charge >= 0.3 is 0 Å². The van der Waals surface area contributed by atoms with E-state index in [1.54, 1.807) is 42.7 Å². The summed E-state index contributed by atoms with van der Waals surface area (Å²) in [6.07, 6.45) is 1.58. The molecule has 3 N–H and O–H groups in total. The second kappa shape index (κ2) is 8.72. The number of nitrogens with one attached hydrogen (secondary N) is 1. The zero-order chi connectivity index (χ0) is 23.1. The van der Waals surface area contributed by atoms with Crippen molar-refractivity contribution in [2.75, 3.05) is 11.1 Å². The number of carbonyl (C=O) groups excluding carboxylic acids is 1. The first kappa shape index (κ1) is 21.8. The predicted molar refractivity (Wildman–Crippen MR) is 137 cm³/mol. The van der Waals surface area contributed by atoms with Crippen LogP contribution >= 0.6 is 46.1 Å². The van der Waals surface area contributed by atoms with Gasteiger partial charge in [-0.3, -0.25) is 4.79 Å². The van der Waals surface area contributed by atoms with Crippen molar-refractivity contribution in [3.05, 3.63) is 86.9 Å². The molecule has 9 heteroatoms. The average molecular weight is 515 g/mol. The number of nitrogens with zero attached hydrogens (tertiary/aromatic N) is 1. The van der Waals surface area contributed by atoms with E-state index >= 15 is 0 Å². The van der Waals surface area contributed by atoms with Gasteiger partial charge in [0.2, 0.25) is 0 Å². The summed E-state index contributed by atoms with van der Waals surface area (Å²) < 4.78 is 5.65. The molecule has 2 aromatic carbocycles. The summed E-state index contributed by atoms with van der Waals surface area (Å²) in [6.45, 7) is 0. The molecule has 0 unspecified atom stereocenters. The first-order valence-corrected chi connectivity index (χ1v) is 11.6. The van der Waals surface area contributed by atoms with Gasteiger partial charge in [0.1, 0.15) is 15.5 Å². The monoisotopic (exact) mass is 513 g/mol. The molecule has 5 rings (SSSR count). The Morgan fingerprint density at radius 3 is 2.48 bits per heavy atom. The molecule has 0 fully saturated rings. The Kier molecular flexibility index (Phi) is 5.76. The highest BCUT2D eigenvalue weighted by Crippen LogP contribution is 2.42. The first-order valence-electron chi connectivity index (χ1n) is 9.70. The minimum atomic E-state index is -0.405. The maximum atomic E-state index is 13.1. The number of benzene rings is 2. The largest absolute Gasteiger partial charge is 0.464 e. The molecule has 164 valence electrons. The molecule has 0 atom stereocenters. The number of anilines is 2. The van der Waals surface area contributed by atoms with Crippen LogP contribution < -0.4 is 11.1 Å². The third-order valence-electron chi connectivity index (χ3n) is 5.01. The predicted octanol–water partition coefficient (Wildman–Crippen LogP) is 8.02. The second-order valence-electron chi connectivity index (χ2n) is 7.14.